The molecule has 0 aliphatic rings. The lowest BCUT2D eigenvalue weighted by molar-refractivity contribution is 1.13. The Labute approximate surface area is 96.6 Å². The van der Waals surface area contributed by atoms with Gasteiger partial charge in [0, 0.05) is 31.0 Å². The Balaban J connectivity index is 2.35. The van der Waals surface area contributed by atoms with Crippen molar-refractivity contribution in [3.63, 3.8) is 0 Å². The number of rotatable bonds is 2. The fraction of sp³-hybridized carbons (Fsp3) is 0.214. The largest absolute Gasteiger partial charge is 0.378 e. The average molecular weight is 212 g/mol. The van der Waals surface area contributed by atoms with Crippen molar-refractivity contribution < 1.29 is 0 Å². The van der Waals surface area contributed by atoms with Gasteiger partial charge in [-0.1, -0.05) is 18.2 Å². The summed E-state index contributed by atoms with van der Waals surface area (Å²) < 4.78 is 0. The zero-order chi connectivity index (χ0) is 11.5. The van der Waals surface area contributed by atoms with Crippen LogP contribution in [0.3, 0.4) is 0 Å². The number of benzene rings is 1. The topological polar surface area (TPSA) is 16.1 Å². The number of pyridine rings is 1. The molecular weight excluding hydrogens is 196 g/mol. The molecular formula is C14H16N2. The molecule has 0 atom stereocenters. The van der Waals surface area contributed by atoms with Crippen LogP contribution in [0, 0.1) is 6.92 Å². The highest BCUT2D eigenvalue weighted by atomic mass is 15.1. The minimum Gasteiger partial charge on any atom is -0.378 e. The van der Waals surface area contributed by atoms with Crippen molar-refractivity contribution in [1.82, 2.24) is 4.98 Å². The van der Waals surface area contributed by atoms with E-state index in [2.05, 4.69) is 34.1 Å². The molecule has 0 fully saturated rings. The van der Waals surface area contributed by atoms with Gasteiger partial charge >= 0.3 is 0 Å². The molecule has 1 heterocycles. The lowest BCUT2D eigenvalue weighted by Gasteiger charge is -2.12. The highest BCUT2D eigenvalue weighted by Gasteiger charge is 2.00. The Hall–Kier alpha value is -1.83. The van der Waals surface area contributed by atoms with Crippen LogP contribution in [0.2, 0.25) is 0 Å². The number of anilines is 1. The molecule has 0 N–H and O–H groups in total. The molecule has 2 aromatic rings. The third kappa shape index (κ3) is 2.22. The molecule has 0 saturated carbocycles. The van der Waals surface area contributed by atoms with Gasteiger partial charge in [-0.05, 0) is 31.2 Å². The van der Waals surface area contributed by atoms with E-state index in [1.165, 1.54) is 5.69 Å². The first kappa shape index (κ1) is 10.7. The van der Waals surface area contributed by atoms with Crippen molar-refractivity contribution in [1.29, 1.82) is 0 Å². The molecule has 16 heavy (non-hydrogen) atoms. The van der Waals surface area contributed by atoms with Crippen LogP contribution >= 0.6 is 0 Å². The van der Waals surface area contributed by atoms with Gasteiger partial charge in [0.05, 0.1) is 5.69 Å². The lowest BCUT2D eigenvalue weighted by Crippen LogP contribution is -2.07. The number of aromatic nitrogens is 1. The maximum Gasteiger partial charge on any atom is 0.0705 e. The molecule has 1 aromatic carbocycles. The molecule has 0 aliphatic carbocycles. The summed E-state index contributed by atoms with van der Waals surface area (Å²) in [4.78, 5) is 6.60. The predicted octanol–water partition coefficient (Wildman–Crippen LogP) is 3.12. The van der Waals surface area contributed by atoms with E-state index in [4.69, 9.17) is 0 Å². The molecule has 1 aromatic heterocycles. The Kier molecular flexibility index (Phi) is 2.91. The second kappa shape index (κ2) is 4.35. The molecule has 0 aliphatic heterocycles. The van der Waals surface area contributed by atoms with Crippen molar-refractivity contribution in [3.05, 3.63) is 48.2 Å². The Morgan fingerprint density at radius 3 is 2.19 bits per heavy atom. The molecule has 0 spiro atoms. The molecule has 2 nitrogen and oxygen atoms in total. The number of aryl methyl sites for hydroxylation is 1. The average Bonchev–Trinajstić information content (AvgIpc) is 2.29. The number of nitrogens with zero attached hydrogens (tertiary/aromatic N) is 2. The third-order valence-corrected chi connectivity index (χ3v) is 2.57. The number of hydrogen-bond acceptors (Lipinski definition) is 2. The van der Waals surface area contributed by atoms with Crippen molar-refractivity contribution in [2.24, 2.45) is 0 Å². The Morgan fingerprint density at radius 2 is 1.62 bits per heavy atom. The molecule has 0 radical (unpaired) electrons. The van der Waals surface area contributed by atoms with Crippen molar-refractivity contribution in [2.45, 2.75) is 6.92 Å². The first-order chi connectivity index (χ1) is 7.66. The SMILES string of the molecule is Cc1cccc(-c2ccc(N(C)C)cc2)n1. The summed E-state index contributed by atoms with van der Waals surface area (Å²) in [6, 6.07) is 14.5. The van der Waals surface area contributed by atoms with Gasteiger partial charge in [0.15, 0.2) is 0 Å². The minimum atomic E-state index is 1.03. The second-order valence-corrected chi connectivity index (χ2v) is 4.11. The maximum atomic E-state index is 4.50. The number of hydrogen-bond donors (Lipinski definition) is 0. The summed E-state index contributed by atoms with van der Waals surface area (Å²) >= 11 is 0. The standard InChI is InChI=1S/C14H16N2/c1-11-5-4-6-14(15-11)12-7-9-13(10-8-12)16(2)3/h4-10H,1-3H3. The molecule has 2 heteroatoms. The van der Waals surface area contributed by atoms with Crippen molar-refractivity contribution in [2.75, 3.05) is 19.0 Å². The first-order valence-electron chi connectivity index (χ1n) is 5.38. The van der Waals surface area contributed by atoms with Gasteiger partial charge in [-0.25, -0.2) is 0 Å². The fourth-order valence-corrected chi connectivity index (χ4v) is 1.63. The Morgan fingerprint density at radius 1 is 0.938 bits per heavy atom. The first-order valence-corrected chi connectivity index (χ1v) is 5.38. The van der Waals surface area contributed by atoms with E-state index in [9.17, 15) is 0 Å². The van der Waals surface area contributed by atoms with Gasteiger partial charge in [0.1, 0.15) is 0 Å². The molecule has 0 bridgehead atoms. The summed E-state index contributed by atoms with van der Waals surface area (Å²) in [5, 5.41) is 0. The minimum absolute atomic E-state index is 1.03. The van der Waals surface area contributed by atoms with Crippen LogP contribution in [0.5, 0.6) is 0 Å². The monoisotopic (exact) mass is 212 g/mol. The van der Waals surface area contributed by atoms with E-state index in [1.807, 2.05) is 39.2 Å². The zero-order valence-corrected chi connectivity index (χ0v) is 9.94. The van der Waals surface area contributed by atoms with Crippen LogP contribution < -0.4 is 4.90 Å². The summed E-state index contributed by atoms with van der Waals surface area (Å²) in [7, 11) is 4.08. The lowest BCUT2D eigenvalue weighted by atomic mass is 10.1. The van der Waals surface area contributed by atoms with Gasteiger partial charge < -0.3 is 4.90 Å². The molecule has 2 rings (SSSR count). The van der Waals surface area contributed by atoms with Crippen LogP contribution in [0.4, 0.5) is 5.69 Å². The molecule has 0 unspecified atom stereocenters. The quantitative estimate of drug-likeness (QED) is 0.760. The van der Waals surface area contributed by atoms with Gasteiger partial charge in [-0.2, -0.15) is 0 Å². The molecule has 82 valence electrons. The third-order valence-electron chi connectivity index (χ3n) is 2.57. The summed E-state index contributed by atoms with van der Waals surface area (Å²) in [6.45, 7) is 2.01. The van der Waals surface area contributed by atoms with Crippen LogP contribution in [-0.2, 0) is 0 Å². The van der Waals surface area contributed by atoms with Gasteiger partial charge in [0.25, 0.3) is 0 Å². The van der Waals surface area contributed by atoms with Gasteiger partial charge in [0.2, 0.25) is 0 Å². The fourth-order valence-electron chi connectivity index (χ4n) is 1.63. The van der Waals surface area contributed by atoms with E-state index in [0.29, 0.717) is 0 Å². The Bertz CT molecular complexity index is 472. The van der Waals surface area contributed by atoms with Crippen LogP contribution in [0.1, 0.15) is 5.69 Å². The molecule has 0 amide bonds. The predicted molar refractivity (Wildman–Crippen MR) is 68.7 cm³/mol. The summed E-state index contributed by atoms with van der Waals surface area (Å²) in [5.41, 5.74) is 4.45. The van der Waals surface area contributed by atoms with E-state index in [-0.39, 0.29) is 0 Å². The van der Waals surface area contributed by atoms with Gasteiger partial charge in [-0.15, -0.1) is 0 Å². The molecule has 0 saturated heterocycles. The van der Waals surface area contributed by atoms with Crippen molar-refractivity contribution in [3.8, 4) is 11.3 Å². The summed E-state index contributed by atoms with van der Waals surface area (Å²) in [6.07, 6.45) is 0. The summed E-state index contributed by atoms with van der Waals surface area (Å²) in [5.74, 6) is 0. The van der Waals surface area contributed by atoms with E-state index < -0.39 is 0 Å². The second-order valence-electron chi connectivity index (χ2n) is 4.11. The van der Waals surface area contributed by atoms with E-state index in [1.54, 1.807) is 0 Å². The van der Waals surface area contributed by atoms with Crippen LogP contribution in [0.15, 0.2) is 42.5 Å². The highest BCUT2D eigenvalue weighted by molar-refractivity contribution is 5.62. The van der Waals surface area contributed by atoms with Gasteiger partial charge in [-0.3, -0.25) is 4.98 Å². The van der Waals surface area contributed by atoms with Crippen molar-refractivity contribution >= 4 is 5.69 Å². The van der Waals surface area contributed by atoms with E-state index >= 15 is 0 Å². The normalized spacial score (nSPS) is 10.2. The zero-order valence-electron chi connectivity index (χ0n) is 9.94. The van der Waals surface area contributed by atoms with Crippen LogP contribution in [0.25, 0.3) is 11.3 Å². The maximum absolute atomic E-state index is 4.50. The van der Waals surface area contributed by atoms with Crippen LogP contribution in [-0.4, -0.2) is 19.1 Å². The highest BCUT2D eigenvalue weighted by Crippen LogP contribution is 2.20. The van der Waals surface area contributed by atoms with E-state index in [0.717, 1.165) is 17.0 Å². The smallest absolute Gasteiger partial charge is 0.0705 e.